The number of benzene rings is 2. The van der Waals surface area contributed by atoms with Crippen molar-refractivity contribution in [2.24, 2.45) is 0 Å². The van der Waals surface area contributed by atoms with Gasteiger partial charge in [-0.05, 0) is 48.6 Å². The molecule has 0 saturated carbocycles. The van der Waals surface area contributed by atoms with Gasteiger partial charge in [-0.3, -0.25) is 0 Å². The molecule has 0 aromatic heterocycles. The van der Waals surface area contributed by atoms with Crippen LogP contribution in [0.25, 0.3) is 0 Å². The van der Waals surface area contributed by atoms with E-state index in [0.717, 1.165) is 17.6 Å². The SMILES string of the molecule is C[C@H](NCc1cccc2c1NCCC2)c1ccc(Br)cc1. The Labute approximate surface area is 135 Å². The minimum Gasteiger partial charge on any atom is -0.385 e. The third kappa shape index (κ3) is 3.47. The summed E-state index contributed by atoms with van der Waals surface area (Å²) in [5.41, 5.74) is 5.49. The number of hydrogen-bond acceptors (Lipinski definition) is 2. The highest BCUT2D eigenvalue weighted by Crippen LogP contribution is 2.26. The van der Waals surface area contributed by atoms with Crippen molar-refractivity contribution >= 4 is 21.6 Å². The Bertz CT molecular complexity index is 607. The lowest BCUT2D eigenvalue weighted by Crippen LogP contribution is -2.21. The monoisotopic (exact) mass is 344 g/mol. The average Bonchev–Trinajstić information content (AvgIpc) is 2.53. The van der Waals surface area contributed by atoms with Crippen LogP contribution in [0.3, 0.4) is 0 Å². The van der Waals surface area contributed by atoms with Crippen LogP contribution in [0.5, 0.6) is 0 Å². The molecule has 0 spiro atoms. The van der Waals surface area contributed by atoms with Gasteiger partial charge in [0.15, 0.2) is 0 Å². The van der Waals surface area contributed by atoms with E-state index in [1.54, 1.807) is 0 Å². The van der Waals surface area contributed by atoms with Crippen molar-refractivity contribution in [2.45, 2.75) is 32.4 Å². The lowest BCUT2D eigenvalue weighted by molar-refractivity contribution is 0.574. The van der Waals surface area contributed by atoms with E-state index in [4.69, 9.17) is 0 Å². The number of aryl methyl sites for hydroxylation is 1. The lowest BCUT2D eigenvalue weighted by Gasteiger charge is -2.22. The van der Waals surface area contributed by atoms with Crippen molar-refractivity contribution in [1.29, 1.82) is 0 Å². The second kappa shape index (κ2) is 6.63. The third-order valence-corrected chi connectivity index (χ3v) is 4.66. The highest BCUT2D eigenvalue weighted by atomic mass is 79.9. The summed E-state index contributed by atoms with van der Waals surface area (Å²) in [5, 5.41) is 7.19. The van der Waals surface area contributed by atoms with Crippen LogP contribution in [0.4, 0.5) is 5.69 Å². The van der Waals surface area contributed by atoms with Crippen LogP contribution in [0.2, 0.25) is 0 Å². The normalized spacial score (nSPS) is 15.1. The number of anilines is 1. The number of hydrogen-bond donors (Lipinski definition) is 2. The maximum absolute atomic E-state index is 3.63. The summed E-state index contributed by atoms with van der Waals surface area (Å²) in [6.45, 7) is 4.20. The van der Waals surface area contributed by atoms with Crippen LogP contribution in [0.15, 0.2) is 46.9 Å². The van der Waals surface area contributed by atoms with E-state index in [2.05, 4.69) is 76.0 Å². The zero-order chi connectivity index (χ0) is 14.7. The molecule has 21 heavy (non-hydrogen) atoms. The largest absolute Gasteiger partial charge is 0.385 e. The second-order valence-electron chi connectivity index (χ2n) is 5.64. The predicted octanol–water partition coefficient (Wildman–Crippen LogP) is 4.66. The Morgan fingerprint density at radius 2 is 2.00 bits per heavy atom. The average molecular weight is 345 g/mol. The minimum atomic E-state index is 0.345. The summed E-state index contributed by atoms with van der Waals surface area (Å²) in [7, 11) is 0. The Balaban J connectivity index is 1.69. The van der Waals surface area contributed by atoms with E-state index in [1.165, 1.54) is 35.2 Å². The van der Waals surface area contributed by atoms with Crippen molar-refractivity contribution in [2.75, 3.05) is 11.9 Å². The molecule has 2 aromatic rings. The summed E-state index contributed by atoms with van der Waals surface area (Å²) in [6.07, 6.45) is 2.43. The number of nitrogens with one attached hydrogen (secondary N) is 2. The standard InChI is InChI=1S/C18H21BrN2/c1-13(14-7-9-17(19)10-8-14)21-12-16-5-2-4-15-6-3-11-20-18(15)16/h2,4-5,7-10,13,20-21H,3,6,11-12H2,1H3/t13-/m0/s1. The lowest BCUT2D eigenvalue weighted by atomic mass is 9.99. The second-order valence-corrected chi connectivity index (χ2v) is 6.55. The topological polar surface area (TPSA) is 24.1 Å². The third-order valence-electron chi connectivity index (χ3n) is 4.13. The van der Waals surface area contributed by atoms with E-state index in [9.17, 15) is 0 Å². The van der Waals surface area contributed by atoms with Gasteiger partial charge in [0, 0.05) is 29.3 Å². The van der Waals surface area contributed by atoms with Gasteiger partial charge in [-0.2, -0.15) is 0 Å². The molecule has 0 fully saturated rings. The van der Waals surface area contributed by atoms with Gasteiger partial charge < -0.3 is 10.6 Å². The van der Waals surface area contributed by atoms with Gasteiger partial charge >= 0.3 is 0 Å². The zero-order valence-corrected chi connectivity index (χ0v) is 13.9. The van der Waals surface area contributed by atoms with Gasteiger partial charge in [-0.1, -0.05) is 46.3 Å². The van der Waals surface area contributed by atoms with Crippen LogP contribution in [0, 0.1) is 0 Å². The molecule has 0 aliphatic carbocycles. The maximum atomic E-state index is 3.63. The Morgan fingerprint density at radius 3 is 2.81 bits per heavy atom. The van der Waals surface area contributed by atoms with E-state index < -0.39 is 0 Å². The zero-order valence-electron chi connectivity index (χ0n) is 12.3. The Hall–Kier alpha value is -1.32. The molecule has 1 heterocycles. The van der Waals surface area contributed by atoms with Crippen molar-refractivity contribution in [1.82, 2.24) is 5.32 Å². The molecule has 0 unspecified atom stereocenters. The Kier molecular flexibility index (Phi) is 4.61. The molecular weight excluding hydrogens is 324 g/mol. The Morgan fingerprint density at radius 1 is 1.19 bits per heavy atom. The fourth-order valence-electron chi connectivity index (χ4n) is 2.86. The van der Waals surface area contributed by atoms with Crippen LogP contribution in [-0.2, 0) is 13.0 Å². The molecule has 2 nitrogen and oxygen atoms in total. The smallest absolute Gasteiger partial charge is 0.0418 e. The van der Waals surface area contributed by atoms with Crippen LogP contribution in [0.1, 0.15) is 36.1 Å². The molecule has 2 N–H and O–H groups in total. The minimum absolute atomic E-state index is 0.345. The van der Waals surface area contributed by atoms with Gasteiger partial charge in [0.1, 0.15) is 0 Å². The van der Waals surface area contributed by atoms with Gasteiger partial charge in [0.2, 0.25) is 0 Å². The fraction of sp³-hybridized carbons (Fsp3) is 0.333. The molecule has 0 radical (unpaired) electrons. The summed E-state index contributed by atoms with van der Waals surface area (Å²) < 4.78 is 1.12. The maximum Gasteiger partial charge on any atom is 0.0418 e. The molecular formula is C18H21BrN2. The molecule has 0 bridgehead atoms. The van der Waals surface area contributed by atoms with Crippen molar-refractivity contribution in [3.05, 3.63) is 63.6 Å². The van der Waals surface area contributed by atoms with E-state index in [0.29, 0.717) is 6.04 Å². The summed E-state index contributed by atoms with van der Waals surface area (Å²) in [6, 6.07) is 15.5. The number of para-hydroxylation sites is 1. The van der Waals surface area contributed by atoms with Crippen LogP contribution >= 0.6 is 15.9 Å². The van der Waals surface area contributed by atoms with Gasteiger partial charge in [0.05, 0.1) is 0 Å². The van der Waals surface area contributed by atoms with Crippen molar-refractivity contribution < 1.29 is 0 Å². The molecule has 0 saturated heterocycles. The molecule has 0 amide bonds. The summed E-state index contributed by atoms with van der Waals surface area (Å²) in [5.74, 6) is 0. The molecule has 110 valence electrons. The van der Waals surface area contributed by atoms with E-state index >= 15 is 0 Å². The molecule has 3 rings (SSSR count). The van der Waals surface area contributed by atoms with Gasteiger partial charge in [-0.25, -0.2) is 0 Å². The predicted molar refractivity (Wildman–Crippen MR) is 92.6 cm³/mol. The van der Waals surface area contributed by atoms with Gasteiger partial charge in [0.25, 0.3) is 0 Å². The molecule has 1 aliphatic heterocycles. The summed E-state index contributed by atoms with van der Waals surface area (Å²) >= 11 is 3.48. The first-order valence-corrected chi connectivity index (χ1v) is 8.37. The van der Waals surface area contributed by atoms with E-state index in [1.807, 2.05) is 0 Å². The number of halogens is 1. The highest BCUT2D eigenvalue weighted by Gasteiger charge is 2.13. The molecule has 1 aliphatic rings. The van der Waals surface area contributed by atoms with E-state index in [-0.39, 0.29) is 0 Å². The molecule has 2 aromatic carbocycles. The first kappa shape index (κ1) is 14.6. The highest BCUT2D eigenvalue weighted by molar-refractivity contribution is 9.10. The number of rotatable bonds is 4. The molecule has 3 heteroatoms. The first-order chi connectivity index (χ1) is 10.2. The van der Waals surface area contributed by atoms with Crippen LogP contribution < -0.4 is 10.6 Å². The first-order valence-electron chi connectivity index (χ1n) is 7.57. The van der Waals surface area contributed by atoms with Crippen LogP contribution in [-0.4, -0.2) is 6.54 Å². The molecule has 1 atom stereocenters. The summed E-state index contributed by atoms with van der Waals surface area (Å²) in [4.78, 5) is 0. The van der Waals surface area contributed by atoms with Gasteiger partial charge in [-0.15, -0.1) is 0 Å². The van der Waals surface area contributed by atoms with Crippen molar-refractivity contribution in [3.8, 4) is 0 Å². The van der Waals surface area contributed by atoms with Crippen molar-refractivity contribution in [3.63, 3.8) is 0 Å². The fourth-order valence-corrected chi connectivity index (χ4v) is 3.12. The quantitative estimate of drug-likeness (QED) is 0.842. The number of fused-ring (bicyclic) bond motifs is 1.